The van der Waals surface area contributed by atoms with E-state index in [1.807, 2.05) is 6.92 Å². The summed E-state index contributed by atoms with van der Waals surface area (Å²) in [5.41, 5.74) is 6.26. The summed E-state index contributed by atoms with van der Waals surface area (Å²) in [6.45, 7) is 3.51. The molecule has 0 saturated carbocycles. The van der Waals surface area contributed by atoms with Crippen molar-refractivity contribution in [3.8, 4) is 11.8 Å². The number of aliphatic hydroxyl groups is 1. The van der Waals surface area contributed by atoms with Crippen molar-refractivity contribution in [2.45, 2.75) is 38.3 Å². The maximum Gasteiger partial charge on any atom is 0.194 e. The molecule has 3 unspecified atom stereocenters. The maximum absolute atomic E-state index is 13.7. The Morgan fingerprint density at radius 1 is 1.36 bits per heavy atom. The highest BCUT2D eigenvalue weighted by Crippen LogP contribution is 2.30. The predicted molar refractivity (Wildman–Crippen MR) is 137 cm³/mol. The Kier molecular flexibility index (Phi) is 8.66. The molecule has 3 N–H and O–H groups in total. The molecule has 3 aromatic rings. The number of aliphatic hydroxyl groups excluding tert-OH is 1. The van der Waals surface area contributed by atoms with Crippen LogP contribution in [0.4, 0.5) is 13.2 Å². The Morgan fingerprint density at radius 2 is 2.08 bits per heavy atom. The smallest absolute Gasteiger partial charge is 0.194 e. The van der Waals surface area contributed by atoms with Crippen molar-refractivity contribution in [3.63, 3.8) is 0 Å². The van der Waals surface area contributed by atoms with Crippen molar-refractivity contribution in [3.05, 3.63) is 81.8 Å². The zero-order valence-corrected chi connectivity index (χ0v) is 21.6. The SMILES string of the molecule is Cc1nc(C(OC2COC2C)[C@@H](O)CN=CC(=CN)c2cc(F)c(F)c(F)c2)n(-c2cc(Cl)ccc2C#N)n1. The average Bonchev–Trinajstić information content (AvgIpc) is 3.29. The molecule has 1 aliphatic heterocycles. The topological polar surface area (TPSA) is 132 Å². The first kappa shape index (κ1) is 28.3. The molecule has 1 aromatic heterocycles. The fourth-order valence-corrected chi connectivity index (χ4v) is 4.05. The number of benzene rings is 2. The number of hydrogen-bond donors (Lipinski definition) is 2. The molecule has 4 atom stereocenters. The van der Waals surface area contributed by atoms with Crippen LogP contribution in [0.5, 0.6) is 0 Å². The average molecular weight is 561 g/mol. The van der Waals surface area contributed by atoms with Crippen LogP contribution in [0.3, 0.4) is 0 Å². The summed E-state index contributed by atoms with van der Waals surface area (Å²) < 4.78 is 53.7. The molecule has 4 rings (SSSR count). The molecule has 1 fully saturated rings. The lowest BCUT2D eigenvalue weighted by Crippen LogP contribution is -2.47. The summed E-state index contributed by atoms with van der Waals surface area (Å²) in [6, 6.07) is 8.31. The first-order valence-corrected chi connectivity index (χ1v) is 12.2. The van der Waals surface area contributed by atoms with Gasteiger partial charge in [-0.3, -0.25) is 4.99 Å². The minimum Gasteiger partial charge on any atom is -0.404 e. The highest BCUT2D eigenvalue weighted by molar-refractivity contribution is 6.30. The van der Waals surface area contributed by atoms with Crippen LogP contribution in [0.1, 0.15) is 35.8 Å². The van der Waals surface area contributed by atoms with Gasteiger partial charge in [-0.1, -0.05) is 11.6 Å². The van der Waals surface area contributed by atoms with E-state index in [2.05, 4.69) is 21.1 Å². The molecule has 2 aromatic carbocycles. The number of nitrogens with two attached hydrogens (primary N) is 1. The van der Waals surface area contributed by atoms with Gasteiger partial charge in [0.2, 0.25) is 0 Å². The van der Waals surface area contributed by atoms with E-state index in [1.165, 1.54) is 10.9 Å². The van der Waals surface area contributed by atoms with Crippen LogP contribution in [0.15, 0.2) is 41.5 Å². The lowest BCUT2D eigenvalue weighted by atomic mass is 10.1. The second-order valence-electron chi connectivity index (χ2n) is 8.77. The van der Waals surface area contributed by atoms with Gasteiger partial charge in [-0.05, 0) is 49.7 Å². The molecule has 0 amide bonds. The second-order valence-corrected chi connectivity index (χ2v) is 9.21. The third kappa shape index (κ3) is 6.12. The van der Waals surface area contributed by atoms with Crippen LogP contribution in [0, 0.1) is 35.7 Å². The van der Waals surface area contributed by atoms with E-state index in [-0.39, 0.29) is 41.3 Å². The Bertz CT molecular complexity index is 1450. The molecule has 204 valence electrons. The molecule has 1 saturated heterocycles. The number of allylic oxidation sites excluding steroid dienone is 1. The Hall–Kier alpha value is -3.76. The molecule has 39 heavy (non-hydrogen) atoms. The number of nitriles is 1. The molecule has 0 aliphatic carbocycles. The third-order valence-electron chi connectivity index (χ3n) is 6.04. The van der Waals surface area contributed by atoms with E-state index in [0.717, 1.165) is 18.3 Å². The Balaban J connectivity index is 1.65. The monoisotopic (exact) mass is 560 g/mol. The zero-order chi connectivity index (χ0) is 28.3. The fourth-order valence-electron chi connectivity index (χ4n) is 3.89. The molecule has 2 heterocycles. The maximum atomic E-state index is 13.7. The summed E-state index contributed by atoms with van der Waals surface area (Å²) in [5, 5.41) is 25.6. The van der Waals surface area contributed by atoms with Gasteiger partial charge < -0.3 is 20.3 Å². The predicted octanol–water partition coefficient (Wildman–Crippen LogP) is 3.79. The Labute approximate surface area is 227 Å². The summed E-state index contributed by atoms with van der Waals surface area (Å²) in [4.78, 5) is 8.63. The minimum atomic E-state index is -1.60. The number of aliphatic imine (C=N–C) groups is 1. The normalized spacial score (nSPS) is 19.1. The molecular weight excluding hydrogens is 537 g/mol. The van der Waals surface area contributed by atoms with Crippen molar-refractivity contribution < 1.29 is 27.8 Å². The summed E-state index contributed by atoms with van der Waals surface area (Å²) in [5.74, 6) is -3.81. The van der Waals surface area contributed by atoms with E-state index in [4.69, 9.17) is 26.8 Å². The molecule has 13 heteroatoms. The fraction of sp³-hybridized carbons (Fsp3) is 0.308. The van der Waals surface area contributed by atoms with Gasteiger partial charge in [0.15, 0.2) is 23.3 Å². The van der Waals surface area contributed by atoms with E-state index in [1.54, 1.807) is 25.1 Å². The van der Waals surface area contributed by atoms with Gasteiger partial charge in [0.05, 0.1) is 30.5 Å². The number of ether oxygens (including phenoxy) is 2. The zero-order valence-electron chi connectivity index (χ0n) is 20.9. The van der Waals surface area contributed by atoms with Crippen LogP contribution >= 0.6 is 11.6 Å². The number of aromatic nitrogens is 3. The standard InChI is InChI=1S/C26H24ClF3N6O3/c1-13-23(12-38-13)39-25(26-34-14(2)35-36(26)21-7-18(27)4-3-15(21)8-31)22(37)11-33-10-17(9-32)16-5-19(28)24(30)20(29)6-16/h3-7,9-10,13,22-23,25,37H,11-12,32H2,1-2H3/t13?,22-,23?,25?/m0/s1. The van der Waals surface area contributed by atoms with E-state index in [9.17, 15) is 23.5 Å². The Morgan fingerprint density at radius 3 is 2.67 bits per heavy atom. The van der Waals surface area contributed by atoms with Crippen molar-refractivity contribution in [2.75, 3.05) is 13.2 Å². The van der Waals surface area contributed by atoms with Gasteiger partial charge in [0, 0.05) is 23.0 Å². The van der Waals surface area contributed by atoms with Crippen molar-refractivity contribution >= 4 is 23.4 Å². The highest BCUT2D eigenvalue weighted by atomic mass is 35.5. The molecule has 1 aliphatic rings. The van der Waals surface area contributed by atoms with Gasteiger partial charge >= 0.3 is 0 Å². The van der Waals surface area contributed by atoms with Crippen LogP contribution in [-0.2, 0) is 9.47 Å². The van der Waals surface area contributed by atoms with Gasteiger partial charge in [-0.15, -0.1) is 0 Å². The molecule has 0 radical (unpaired) electrons. The molecular formula is C26H24ClF3N6O3. The lowest BCUT2D eigenvalue weighted by Gasteiger charge is -2.37. The summed E-state index contributed by atoms with van der Waals surface area (Å²) in [7, 11) is 0. The number of rotatable bonds is 9. The van der Waals surface area contributed by atoms with Crippen LogP contribution in [0.25, 0.3) is 11.3 Å². The number of nitrogens with zero attached hydrogens (tertiary/aromatic N) is 5. The van der Waals surface area contributed by atoms with Crippen LogP contribution in [-0.4, -0.2) is 57.5 Å². The van der Waals surface area contributed by atoms with Crippen molar-refractivity contribution in [1.29, 1.82) is 5.26 Å². The van der Waals surface area contributed by atoms with Crippen LogP contribution in [0.2, 0.25) is 5.02 Å². The first-order chi connectivity index (χ1) is 18.6. The summed E-state index contributed by atoms with van der Waals surface area (Å²) >= 11 is 6.18. The van der Waals surface area contributed by atoms with Crippen LogP contribution < -0.4 is 5.73 Å². The molecule has 0 spiro atoms. The van der Waals surface area contributed by atoms with E-state index in [0.29, 0.717) is 23.1 Å². The van der Waals surface area contributed by atoms with E-state index >= 15 is 0 Å². The number of hydrogen-bond acceptors (Lipinski definition) is 8. The van der Waals surface area contributed by atoms with Crippen molar-refractivity contribution in [2.24, 2.45) is 10.7 Å². The van der Waals surface area contributed by atoms with Gasteiger partial charge in [-0.25, -0.2) is 22.8 Å². The number of halogens is 4. The van der Waals surface area contributed by atoms with Gasteiger partial charge in [0.25, 0.3) is 0 Å². The quantitative estimate of drug-likeness (QED) is 0.300. The minimum absolute atomic E-state index is 0.0410. The molecule has 0 bridgehead atoms. The second kappa shape index (κ2) is 12.0. The largest absolute Gasteiger partial charge is 0.404 e. The van der Waals surface area contributed by atoms with Crippen molar-refractivity contribution in [1.82, 2.24) is 14.8 Å². The lowest BCUT2D eigenvalue weighted by molar-refractivity contribution is -0.216. The van der Waals surface area contributed by atoms with Gasteiger partial charge in [-0.2, -0.15) is 10.4 Å². The highest BCUT2D eigenvalue weighted by Gasteiger charge is 2.37. The molecule has 9 nitrogen and oxygen atoms in total. The van der Waals surface area contributed by atoms with Gasteiger partial charge in [0.1, 0.15) is 30.2 Å². The number of aryl methyl sites for hydroxylation is 1. The third-order valence-corrected chi connectivity index (χ3v) is 6.27. The first-order valence-electron chi connectivity index (χ1n) is 11.8. The van der Waals surface area contributed by atoms with E-state index < -0.39 is 29.7 Å². The summed E-state index contributed by atoms with van der Waals surface area (Å²) in [6.07, 6.45) is -0.720.